The molecule has 1 N–H and O–H groups in total. The van der Waals surface area contributed by atoms with Gasteiger partial charge in [-0.2, -0.15) is 26.3 Å². The number of rotatable bonds is 7. The summed E-state index contributed by atoms with van der Waals surface area (Å²) in [4.78, 5) is 15.4. The molecular weight excluding hydrogens is 529 g/mol. The minimum atomic E-state index is -4.96. The van der Waals surface area contributed by atoms with Crippen LogP contribution in [0, 0.1) is 5.92 Å². The second-order valence-corrected chi connectivity index (χ2v) is 9.99. The van der Waals surface area contributed by atoms with E-state index < -0.39 is 41.8 Å². The fourth-order valence-corrected chi connectivity index (χ4v) is 4.52. The van der Waals surface area contributed by atoms with Crippen molar-refractivity contribution < 1.29 is 31.1 Å². The minimum absolute atomic E-state index is 0.0588. The molecule has 0 saturated carbocycles. The Kier molecular flexibility index (Phi) is 9.22. The number of nitrogens with one attached hydrogen (secondary N) is 1. The summed E-state index contributed by atoms with van der Waals surface area (Å²) in [5, 5.41) is 3.06. The summed E-state index contributed by atoms with van der Waals surface area (Å²) in [5.74, 6) is -0.610. The molecule has 1 atom stereocenters. The maximum Gasteiger partial charge on any atom is 0.416 e. The number of hydrogen-bond acceptors (Lipinski definition) is 2. The first-order valence-electron chi connectivity index (χ1n) is 11.5. The van der Waals surface area contributed by atoms with Crippen molar-refractivity contribution in [2.45, 2.75) is 51.0 Å². The Morgan fingerprint density at radius 1 is 0.972 bits per heavy atom. The summed E-state index contributed by atoms with van der Waals surface area (Å²) < 4.78 is 79.0. The first kappa shape index (κ1) is 28.6. The lowest BCUT2D eigenvalue weighted by Crippen LogP contribution is -2.36. The zero-order valence-corrected chi connectivity index (χ0v) is 21.0. The van der Waals surface area contributed by atoms with Crippen LogP contribution in [0.2, 0.25) is 10.0 Å². The highest BCUT2D eigenvalue weighted by Gasteiger charge is 2.37. The lowest BCUT2D eigenvalue weighted by atomic mass is 9.93. The number of halogens is 8. The monoisotopic (exact) mass is 554 g/mol. The van der Waals surface area contributed by atoms with Crippen molar-refractivity contribution in [1.29, 1.82) is 0 Å². The van der Waals surface area contributed by atoms with Crippen molar-refractivity contribution >= 4 is 29.1 Å². The van der Waals surface area contributed by atoms with Gasteiger partial charge in [-0.05, 0) is 86.3 Å². The molecule has 3 rings (SSSR count). The van der Waals surface area contributed by atoms with Gasteiger partial charge in [0.15, 0.2) is 0 Å². The fourth-order valence-electron chi connectivity index (χ4n) is 4.21. The van der Waals surface area contributed by atoms with Crippen molar-refractivity contribution in [3.05, 3.63) is 68.7 Å². The number of likely N-dealkylation sites (tertiary alicyclic amines) is 1. The summed E-state index contributed by atoms with van der Waals surface area (Å²) in [6.07, 6.45) is -7.45. The molecule has 0 bridgehead atoms. The van der Waals surface area contributed by atoms with Crippen LogP contribution in [0.25, 0.3) is 0 Å². The van der Waals surface area contributed by atoms with E-state index in [4.69, 9.17) is 23.2 Å². The van der Waals surface area contributed by atoms with Gasteiger partial charge in [-0.1, -0.05) is 36.2 Å². The van der Waals surface area contributed by atoms with Gasteiger partial charge in [-0.15, -0.1) is 0 Å². The Morgan fingerprint density at radius 3 is 2.08 bits per heavy atom. The topological polar surface area (TPSA) is 32.3 Å². The van der Waals surface area contributed by atoms with E-state index in [1.165, 1.54) is 0 Å². The number of piperidine rings is 1. The molecule has 1 amide bonds. The Bertz CT molecular complexity index is 1030. The molecule has 0 spiro atoms. The molecule has 2 aromatic carbocycles. The third kappa shape index (κ3) is 7.76. The van der Waals surface area contributed by atoms with Crippen molar-refractivity contribution in [2.75, 3.05) is 19.6 Å². The summed E-state index contributed by atoms with van der Waals surface area (Å²) in [6.45, 7) is 4.07. The van der Waals surface area contributed by atoms with Crippen LogP contribution in [-0.2, 0) is 23.7 Å². The molecule has 1 saturated heterocycles. The molecule has 2 aromatic rings. The van der Waals surface area contributed by atoms with Gasteiger partial charge < -0.3 is 10.2 Å². The summed E-state index contributed by atoms with van der Waals surface area (Å²) in [6, 6.07) is 6.02. The molecule has 3 nitrogen and oxygen atoms in total. The van der Waals surface area contributed by atoms with E-state index in [9.17, 15) is 31.1 Å². The number of nitrogens with zero attached hydrogens (tertiary/aromatic N) is 1. The Hall–Kier alpha value is -1.97. The molecule has 0 aromatic heterocycles. The van der Waals surface area contributed by atoms with Crippen LogP contribution in [0.15, 0.2) is 36.4 Å². The Balaban J connectivity index is 1.79. The van der Waals surface area contributed by atoms with Gasteiger partial charge >= 0.3 is 12.4 Å². The number of carbonyl (C=O) groups is 1. The zero-order valence-electron chi connectivity index (χ0n) is 19.4. The highest BCUT2D eigenvalue weighted by atomic mass is 35.5. The normalized spacial score (nSPS) is 16.7. The van der Waals surface area contributed by atoms with Crippen LogP contribution in [0.3, 0.4) is 0 Å². The SMILES string of the molecule is CC1CCN(CCC(C(=O)NCc2cc(C(F)(F)F)cc(C(F)(F)F)c2)c2ccc(Cl)c(Cl)c2)CC1. The quantitative estimate of drug-likeness (QED) is 0.358. The van der Waals surface area contributed by atoms with Crippen molar-refractivity contribution in [1.82, 2.24) is 10.2 Å². The molecule has 36 heavy (non-hydrogen) atoms. The second-order valence-electron chi connectivity index (χ2n) is 9.17. The van der Waals surface area contributed by atoms with E-state index in [2.05, 4.69) is 17.1 Å². The molecule has 1 aliphatic heterocycles. The first-order valence-corrected chi connectivity index (χ1v) is 12.2. The number of benzene rings is 2. The third-order valence-electron chi connectivity index (χ3n) is 6.39. The standard InChI is InChI=1S/C25H26Cl2F6N2O/c1-15-4-7-35(8-5-15)9-6-20(17-2-3-21(26)22(27)12-17)23(36)34-14-16-10-18(24(28,29)30)13-19(11-16)25(31,32)33/h2-3,10-13,15,20H,4-9,14H2,1H3,(H,34,36). The van der Waals surface area contributed by atoms with Crippen LogP contribution in [0.5, 0.6) is 0 Å². The van der Waals surface area contributed by atoms with Gasteiger partial charge in [-0.25, -0.2) is 0 Å². The fraction of sp³-hybridized carbons (Fsp3) is 0.480. The Morgan fingerprint density at radius 2 is 1.56 bits per heavy atom. The average molecular weight is 555 g/mol. The van der Waals surface area contributed by atoms with E-state index in [0.29, 0.717) is 41.6 Å². The van der Waals surface area contributed by atoms with E-state index in [1.807, 2.05) is 0 Å². The highest BCUT2D eigenvalue weighted by Crippen LogP contribution is 2.36. The minimum Gasteiger partial charge on any atom is -0.351 e. The average Bonchev–Trinajstić information content (AvgIpc) is 2.80. The van der Waals surface area contributed by atoms with Gasteiger partial charge in [0.2, 0.25) is 5.91 Å². The van der Waals surface area contributed by atoms with E-state index >= 15 is 0 Å². The number of hydrogen-bond donors (Lipinski definition) is 1. The van der Waals surface area contributed by atoms with Crippen molar-refractivity contribution in [3.63, 3.8) is 0 Å². The maximum absolute atomic E-state index is 13.2. The molecule has 11 heteroatoms. The third-order valence-corrected chi connectivity index (χ3v) is 7.13. The summed E-state index contributed by atoms with van der Waals surface area (Å²) >= 11 is 12.1. The second kappa shape index (κ2) is 11.6. The molecule has 0 aliphatic carbocycles. The van der Waals surface area contributed by atoms with Gasteiger partial charge in [0.1, 0.15) is 0 Å². The van der Waals surface area contributed by atoms with E-state index in [-0.39, 0.29) is 16.7 Å². The van der Waals surface area contributed by atoms with Crippen LogP contribution in [0.4, 0.5) is 26.3 Å². The van der Waals surface area contributed by atoms with E-state index in [1.54, 1.807) is 18.2 Å². The summed E-state index contributed by atoms with van der Waals surface area (Å²) in [5.41, 5.74) is -2.60. The largest absolute Gasteiger partial charge is 0.416 e. The molecule has 1 fully saturated rings. The number of carbonyl (C=O) groups excluding carboxylic acids is 1. The lowest BCUT2D eigenvalue weighted by molar-refractivity contribution is -0.143. The zero-order chi connectivity index (χ0) is 26.7. The number of amides is 1. The van der Waals surface area contributed by atoms with Crippen LogP contribution in [0.1, 0.15) is 54.4 Å². The van der Waals surface area contributed by atoms with Crippen molar-refractivity contribution in [3.8, 4) is 0 Å². The highest BCUT2D eigenvalue weighted by molar-refractivity contribution is 6.42. The lowest BCUT2D eigenvalue weighted by Gasteiger charge is -2.31. The van der Waals surface area contributed by atoms with Gasteiger partial charge in [-0.3, -0.25) is 4.79 Å². The van der Waals surface area contributed by atoms with Crippen LogP contribution in [-0.4, -0.2) is 30.4 Å². The number of alkyl halides is 6. The van der Waals surface area contributed by atoms with Crippen LogP contribution >= 0.6 is 23.2 Å². The maximum atomic E-state index is 13.2. The van der Waals surface area contributed by atoms with E-state index in [0.717, 1.165) is 25.9 Å². The molecule has 0 radical (unpaired) electrons. The molecule has 1 unspecified atom stereocenters. The van der Waals surface area contributed by atoms with Crippen LogP contribution < -0.4 is 5.32 Å². The van der Waals surface area contributed by atoms with Gasteiger partial charge in [0.05, 0.1) is 27.1 Å². The van der Waals surface area contributed by atoms with Gasteiger partial charge in [0.25, 0.3) is 0 Å². The molecule has 1 heterocycles. The summed E-state index contributed by atoms with van der Waals surface area (Å²) in [7, 11) is 0. The van der Waals surface area contributed by atoms with Crippen molar-refractivity contribution in [2.24, 2.45) is 5.92 Å². The predicted molar refractivity (Wildman–Crippen MR) is 127 cm³/mol. The molecule has 198 valence electrons. The molecular formula is C25H26Cl2F6N2O. The first-order chi connectivity index (χ1) is 16.7. The Labute approximate surface area is 215 Å². The molecule has 1 aliphatic rings. The predicted octanol–water partition coefficient (Wildman–Crippen LogP) is 7.55. The van der Waals surface area contributed by atoms with Gasteiger partial charge in [0, 0.05) is 6.54 Å². The smallest absolute Gasteiger partial charge is 0.351 e.